The Bertz CT molecular complexity index is 577. The molecule has 0 spiro atoms. The summed E-state index contributed by atoms with van der Waals surface area (Å²) in [5.41, 5.74) is -0.159. The molecule has 2 rings (SSSR count). The van der Waals surface area contributed by atoms with Gasteiger partial charge in [-0.1, -0.05) is 0 Å². The van der Waals surface area contributed by atoms with Crippen LogP contribution >= 0.6 is 22.6 Å². The summed E-state index contributed by atoms with van der Waals surface area (Å²) in [6.45, 7) is 1.93. The highest BCUT2D eigenvalue weighted by molar-refractivity contribution is 14.1. The molecule has 1 unspecified atom stereocenters. The summed E-state index contributed by atoms with van der Waals surface area (Å²) in [5, 5.41) is 10.9. The maximum Gasteiger partial charge on any atom is 0.266 e. The van der Waals surface area contributed by atoms with E-state index in [1.165, 1.54) is 6.33 Å². The molecule has 2 aromatic heterocycles. The Kier molecular flexibility index (Phi) is 3.41. The fourth-order valence-corrected chi connectivity index (χ4v) is 1.89. The number of hydrogen-bond acceptors (Lipinski definition) is 5. The molecule has 0 bridgehead atoms. The maximum absolute atomic E-state index is 11.4. The lowest BCUT2D eigenvalue weighted by Crippen LogP contribution is -2.18. The summed E-state index contributed by atoms with van der Waals surface area (Å²) >= 11 is 1.95. The molecule has 0 aromatic carbocycles. The number of nitrogens with zero attached hydrogens (tertiary/aromatic N) is 4. The second-order valence-corrected chi connectivity index (χ2v) is 4.64. The molecule has 0 aliphatic rings. The van der Waals surface area contributed by atoms with Crippen molar-refractivity contribution in [3.8, 4) is 0 Å². The van der Waals surface area contributed by atoms with E-state index in [1.807, 2.05) is 41.1 Å². The maximum atomic E-state index is 11.4. The Morgan fingerprint density at radius 2 is 2.35 bits per heavy atom. The molecule has 17 heavy (non-hydrogen) atoms. The van der Waals surface area contributed by atoms with Crippen LogP contribution in [0.4, 0.5) is 5.82 Å². The fourth-order valence-electron chi connectivity index (χ4n) is 1.44. The van der Waals surface area contributed by atoms with E-state index in [9.17, 15) is 4.79 Å². The summed E-state index contributed by atoms with van der Waals surface area (Å²) in [5.74, 6) is 1.33. The van der Waals surface area contributed by atoms with E-state index in [0.717, 1.165) is 5.82 Å². The predicted molar refractivity (Wildman–Crippen MR) is 70.6 cm³/mol. The summed E-state index contributed by atoms with van der Waals surface area (Å²) in [6.07, 6.45) is 3.00. The SMILES string of the molecule is CC(Nc1nc[nH]c(=O)c1I)c1nncn1C. The quantitative estimate of drug-likeness (QED) is 0.798. The van der Waals surface area contributed by atoms with Gasteiger partial charge in [-0.05, 0) is 29.5 Å². The van der Waals surface area contributed by atoms with Crippen molar-refractivity contribution in [3.05, 3.63) is 32.4 Å². The minimum atomic E-state index is -0.159. The molecule has 0 aliphatic carbocycles. The third-order valence-corrected chi connectivity index (χ3v) is 3.28. The minimum absolute atomic E-state index is 0.0784. The van der Waals surface area contributed by atoms with E-state index in [1.54, 1.807) is 6.33 Å². The van der Waals surface area contributed by atoms with Crippen molar-refractivity contribution in [1.82, 2.24) is 24.7 Å². The lowest BCUT2D eigenvalue weighted by atomic mass is 10.3. The van der Waals surface area contributed by atoms with Crippen LogP contribution in [0.2, 0.25) is 0 Å². The standard InChI is InChI=1S/C9H11IN6O/c1-5(8-15-13-4-16(8)2)14-7-6(10)9(17)12-3-11-7/h3-5H,1-2H3,(H2,11,12,14,17). The summed E-state index contributed by atoms with van der Waals surface area (Å²) in [4.78, 5) is 18.0. The molecule has 0 saturated carbocycles. The molecule has 1 atom stereocenters. The molecule has 2 aromatic rings. The third-order valence-electron chi connectivity index (χ3n) is 2.28. The van der Waals surface area contributed by atoms with Crippen LogP contribution in [-0.4, -0.2) is 24.7 Å². The van der Waals surface area contributed by atoms with Crippen molar-refractivity contribution < 1.29 is 0 Å². The summed E-state index contributed by atoms with van der Waals surface area (Å²) in [7, 11) is 1.86. The number of hydrogen-bond donors (Lipinski definition) is 2. The topological polar surface area (TPSA) is 88.5 Å². The first-order valence-corrected chi connectivity index (χ1v) is 6.01. The highest BCUT2D eigenvalue weighted by Gasteiger charge is 2.14. The molecule has 8 heteroatoms. The van der Waals surface area contributed by atoms with Crippen molar-refractivity contribution in [3.63, 3.8) is 0 Å². The van der Waals surface area contributed by atoms with Gasteiger partial charge in [0.2, 0.25) is 0 Å². The second kappa shape index (κ2) is 4.82. The fraction of sp³-hybridized carbons (Fsp3) is 0.333. The molecule has 0 amide bonds. The molecule has 90 valence electrons. The second-order valence-electron chi connectivity index (χ2n) is 3.56. The zero-order valence-corrected chi connectivity index (χ0v) is 11.5. The molecule has 0 aliphatic heterocycles. The molecule has 0 fully saturated rings. The van der Waals surface area contributed by atoms with Gasteiger partial charge in [-0.25, -0.2) is 4.98 Å². The van der Waals surface area contributed by atoms with Crippen LogP contribution in [0.25, 0.3) is 0 Å². The van der Waals surface area contributed by atoms with E-state index in [2.05, 4.69) is 25.5 Å². The van der Waals surface area contributed by atoms with Crippen molar-refractivity contribution in [2.75, 3.05) is 5.32 Å². The number of nitrogens with one attached hydrogen (secondary N) is 2. The number of anilines is 1. The van der Waals surface area contributed by atoms with Crippen LogP contribution in [0.5, 0.6) is 0 Å². The molecule has 7 nitrogen and oxygen atoms in total. The smallest absolute Gasteiger partial charge is 0.266 e. The highest BCUT2D eigenvalue weighted by Crippen LogP contribution is 2.17. The minimum Gasteiger partial charge on any atom is -0.359 e. The number of rotatable bonds is 3. The van der Waals surface area contributed by atoms with Gasteiger partial charge in [0, 0.05) is 7.05 Å². The lowest BCUT2D eigenvalue weighted by molar-refractivity contribution is 0.715. The lowest BCUT2D eigenvalue weighted by Gasteiger charge is -2.13. The molecule has 2 N–H and O–H groups in total. The molecular weight excluding hydrogens is 335 g/mol. The van der Waals surface area contributed by atoms with Crippen LogP contribution in [0, 0.1) is 3.57 Å². The number of halogens is 1. The predicted octanol–water partition coefficient (Wildman–Crippen LogP) is 0.676. The van der Waals surface area contributed by atoms with Crippen LogP contribution in [-0.2, 0) is 7.05 Å². The number of aryl methyl sites for hydroxylation is 1. The molecule has 0 radical (unpaired) electrons. The molecular formula is C9H11IN6O. The summed E-state index contributed by atoms with van der Waals surface area (Å²) < 4.78 is 2.34. The zero-order chi connectivity index (χ0) is 12.4. The van der Waals surface area contributed by atoms with Crippen LogP contribution in [0.15, 0.2) is 17.4 Å². The summed E-state index contributed by atoms with van der Waals surface area (Å²) in [6, 6.07) is -0.0784. The van der Waals surface area contributed by atoms with E-state index in [-0.39, 0.29) is 11.6 Å². The average molecular weight is 346 g/mol. The van der Waals surface area contributed by atoms with Gasteiger partial charge in [-0.3, -0.25) is 4.79 Å². The zero-order valence-electron chi connectivity index (χ0n) is 9.31. The van der Waals surface area contributed by atoms with Crippen LogP contribution in [0.3, 0.4) is 0 Å². The van der Waals surface area contributed by atoms with E-state index < -0.39 is 0 Å². The van der Waals surface area contributed by atoms with Gasteiger partial charge in [-0.2, -0.15) is 0 Å². The first kappa shape index (κ1) is 12.0. The Morgan fingerprint density at radius 1 is 1.59 bits per heavy atom. The van der Waals surface area contributed by atoms with E-state index in [4.69, 9.17) is 0 Å². The van der Waals surface area contributed by atoms with E-state index >= 15 is 0 Å². The van der Waals surface area contributed by atoms with Crippen LogP contribution < -0.4 is 10.9 Å². The molecule has 0 saturated heterocycles. The third kappa shape index (κ3) is 2.46. The highest BCUT2D eigenvalue weighted by atomic mass is 127. The normalized spacial score (nSPS) is 12.4. The van der Waals surface area contributed by atoms with Crippen molar-refractivity contribution in [2.45, 2.75) is 13.0 Å². The number of H-pyrrole nitrogens is 1. The molecule has 2 heterocycles. The average Bonchev–Trinajstić information content (AvgIpc) is 2.71. The van der Waals surface area contributed by atoms with Gasteiger partial charge in [0.1, 0.15) is 15.7 Å². The van der Waals surface area contributed by atoms with Crippen molar-refractivity contribution in [2.24, 2.45) is 7.05 Å². The van der Waals surface area contributed by atoms with Gasteiger partial charge >= 0.3 is 0 Å². The van der Waals surface area contributed by atoms with Gasteiger partial charge in [0.15, 0.2) is 5.82 Å². The van der Waals surface area contributed by atoms with Crippen molar-refractivity contribution in [1.29, 1.82) is 0 Å². The first-order chi connectivity index (χ1) is 8.09. The Balaban J connectivity index is 2.25. The Morgan fingerprint density at radius 3 is 3.00 bits per heavy atom. The van der Waals surface area contributed by atoms with Crippen LogP contribution in [0.1, 0.15) is 18.8 Å². The van der Waals surface area contributed by atoms with Gasteiger partial charge in [-0.15, -0.1) is 10.2 Å². The van der Waals surface area contributed by atoms with Gasteiger partial charge in [0.25, 0.3) is 5.56 Å². The van der Waals surface area contributed by atoms with Crippen molar-refractivity contribution >= 4 is 28.4 Å². The van der Waals surface area contributed by atoms with Gasteiger partial charge in [0.05, 0.1) is 12.4 Å². The Labute approximate surface area is 111 Å². The van der Waals surface area contributed by atoms with Gasteiger partial charge < -0.3 is 14.9 Å². The van der Waals surface area contributed by atoms with E-state index in [0.29, 0.717) is 9.39 Å². The Hall–Kier alpha value is -1.45. The number of aromatic nitrogens is 5. The number of aromatic amines is 1. The largest absolute Gasteiger partial charge is 0.359 e. The first-order valence-electron chi connectivity index (χ1n) is 4.93. The monoisotopic (exact) mass is 346 g/mol.